The van der Waals surface area contributed by atoms with E-state index in [1.165, 1.54) is 0 Å². The zero-order valence-corrected chi connectivity index (χ0v) is 13.4. The fourth-order valence-electron chi connectivity index (χ4n) is 2.79. The number of carboxylic acids is 1. The van der Waals surface area contributed by atoms with Gasteiger partial charge < -0.3 is 9.84 Å². The van der Waals surface area contributed by atoms with Crippen molar-refractivity contribution < 1.29 is 14.6 Å². The lowest BCUT2D eigenvalue weighted by atomic mass is 10.1. The first kappa shape index (κ1) is 16.0. The van der Waals surface area contributed by atoms with E-state index < -0.39 is 5.97 Å². The Morgan fingerprint density at radius 3 is 2.78 bits per heavy atom. The van der Waals surface area contributed by atoms with Gasteiger partial charge in [0, 0.05) is 24.7 Å². The maximum Gasteiger partial charge on any atom is 0.335 e. The number of ether oxygens (including phenoxy) is 1. The number of benzene rings is 2. The van der Waals surface area contributed by atoms with Crippen LogP contribution in [-0.2, 0) is 11.3 Å². The summed E-state index contributed by atoms with van der Waals surface area (Å²) in [6.45, 7) is 2.99. The monoisotopic (exact) mass is 331 g/mol. The SMILES string of the molecule is O=C(O)c1cccc(CN2CCO[C@@H](c3ccc(Cl)cc3)C2)c1. The van der Waals surface area contributed by atoms with Crippen LogP contribution in [0.4, 0.5) is 0 Å². The lowest BCUT2D eigenvalue weighted by molar-refractivity contribution is -0.0329. The highest BCUT2D eigenvalue weighted by Gasteiger charge is 2.22. The lowest BCUT2D eigenvalue weighted by Gasteiger charge is -2.33. The van der Waals surface area contributed by atoms with Crippen molar-refractivity contribution in [2.45, 2.75) is 12.6 Å². The average molecular weight is 332 g/mol. The molecule has 1 atom stereocenters. The number of nitrogens with zero attached hydrogens (tertiary/aromatic N) is 1. The highest BCUT2D eigenvalue weighted by atomic mass is 35.5. The molecule has 0 saturated carbocycles. The third kappa shape index (κ3) is 4.10. The fourth-order valence-corrected chi connectivity index (χ4v) is 2.91. The molecule has 0 amide bonds. The molecule has 120 valence electrons. The Morgan fingerprint density at radius 1 is 1.26 bits per heavy atom. The van der Waals surface area contributed by atoms with Crippen molar-refractivity contribution in [1.29, 1.82) is 0 Å². The van der Waals surface area contributed by atoms with E-state index in [1.54, 1.807) is 18.2 Å². The number of rotatable bonds is 4. The Hall–Kier alpha value is -1.88. The summed E-state index contributed by atoms with van der Waals surface area (Å²) in [7, 11) is 0. The molecule has 1 fully saturated rings. The maximum atomic E-state index is 11.1. The molecule has 4 nitrogen and oxygen atoms in total. The minimum absolute atomic E-state index is 0.0173. The quantitative estimate of drug-likeness (QED) is 0.929. The molecule has 2 aromatic carbocycles. The van der Waals surface area contributed by atoms with Gasteiger partial charge in [0.2, 0.25) is 0 Å². The van der Waals surface area contributed by atoms with Gasteiger partial charge in [0.25, 0.3) is 0 Å². The van der Waals surface area contributed by atoms with Gasteiger partial charge in [0.15, 0.2) is 0 Å². The van der Waals surface area contributed by atoms with Gasteiger partial charge in [-0.3, -0.25) is 4.90 Å². The molecule has 5 heteroatoms. The minimum atomic E-state index is -0.895. The number of halogens is 1. The number of aromatic carboxylic acids is 1. The molecule has 23 heavy (non-hydrogen) atoms. The fraction of sp³-hybridized carbons (Fsp3) is 0.278. The van der Waals surface area contributed by atoms with Crippen LogP contribution in [0.25, 0.3) is 0 Å². The largest absolute Gasteiger partial charge is 0.478 e. The van der Waals surface area contributed by atoms with Crippen molar-refractivity contribution in [3.63, 3.8) is 0 Å². The summed E-state index contributed by atoms with van der Waals surface area (Å²) in [5.74, 6) is -0.895. The summed E-state index contributed by atoms with van der Waals surface area (Å²) >= 11 is 5.93. The molecule has 0 spiro atoms. The number of hydrogen-bond acceptors (Lipinski definition) is 3. The van der Waals surface area contributed by atoms with Crippen LogP contribution >= 0.6 is 11.6 Å². The minimum Gasteiger partial charge on any atom is -0.478 e. The van der Waals surface area contributed by atoms with Gasteiger partial charge in [-0.1, -0.05) is 35.9 Å². The van der Waals surface area contributed by atoms with Gasteiger partial charge in [0.1, 0.15) is 0 Å². The third-order valence-corrected chi connectivity index (χ3v) is 4.22. The molecule has 0 aliphatic carbocycles. The molecule has 1 aliphatic heterocycles. The van der Waals surface area contributed by atoms with E-state index in [1.807, 2.05) is 30.3 Å². The molecule has 2 aromatic rings. The number of carbonyl (C=O) groups is 1. The second kappa shape index (κ2) is 7.13. The van der Waals surface area contributed by atoms with Gasteiger partial charge in [0.05, 0.1) is 18.3 Å². The van der Waals surface area contributed by atoms with Crippen molar-refractivity contribution in [1.82, 2.24) is 4.90 Å². The summed E-state index contributed by atoms with van der Waals surface area (Å²) in [6.07, 6.45) is 0.0173. The normalized spacial score (nSPS) is 18.7. The molecular weight excluding hydrogens is 314 g/mol. The summed E-state index contributed by atoms with van der Waals surface area (Å²) in [5.41, 5.74) is 2.44. The summed E-state index contributed by atoms with van der Waals surface area (Å²) in [6, 6.07) is 14.8. The van der Waals surface area contributed by atoms with Crippen LogP contribution in [0.5, 0.6) is 0 Å². The topological polar surface area (TPSA) is 49.8 Å². The molecule has 0 aromatic heterocycles. The Bertz CT molecular complexity index is 687. The van der Waals surface area contributed by atoms with Crippen molar-refractivity contribution >= 4 is 17.6 Å². The molecule has 0 radical (unpaired) electrons. The predicted octanol–water partition coefficient (Wildman–Crippen LogP) is 3.61. The third-order valence-electron chi connectivity index (χ3n) is 3.97. The van der Waals surface area contributed by atoms with Crippen LogP contribution in [0.15, 0.2) is 48.5 Å². The van der Waals surface area contributed by atoms with Crippen LogP contribution < -0.4 is 0 Å². The number of hydrogen-bond donors (Lipinski definition) is 1. The number of morpholine rings is 1. The molecule has 1 N–H and O–H groups in total. The van der Waals surface area contributed by atoms with E-state index in [-0.39, 0.29) is 6.10 Å². The predicted molar refractivity (Wildman–Crippen MR) is 88.8 cm³/mol. The van der Waals surface area contributed by atoms with Crippen molar-refractivity contribution in [2.75, 3.05) is 19.7 Å². The van der Waals surface area contributed by atoms with Crippen LogP contribution in [0.3, 0.4) is 0 Å². The molecule has 0 bridgehead atoms. The van der Waals surface area contributed by atoms with E-state index in [4.69, 9.17) is 21.4 Å². The van der Waals surface area contributed by atoms with E-state index in [2.05, 4.69) is 4.90 Å². The van der Waals surface area contributed by atoms with Gasteiger partial charge in [-0.25, -0.2) is 4.79 Å². The van der Waals surface area contributed by atoms with Gasteiger partial charge in [-0.05, 0) is 35.4 Å². The Labute approximate surface area is 140 Å². The molecule has 3 rings (SSSR count). The van der Waals surface area contributed by atoms with Crippen molar-refractivity contribution in [2.24, 2.45) is 0 Å². The van der Waals surface area contributed by atoms with Gasteiger partial charge >= 0.3 is 5.97 Å². The van der Waals surface area contributed by atoms with Crippen LogP contribution in [0.1, 0.15) is 27.6 Å². The van der Waals surface area contributed by atoms with E-state index in [9.17, 15) is 4.79 Å². The van der Waals surface area contributed by atoms with Crippen LogP contribution in [0, 0.1) is 0 Å². The van der Waals surface area contributed by atoms with E-state index >= 15 is 0 Å². The van der Waals surface area contributed by atoms with E-state index in [0.29, 0.717) is 23.7 Å². The van der Waals surface area contributed by atoms with Crippen LogP contribution in [-0.4, -0.2) is 35.7 Å². The van der Waals surface area contributed by atoms with Gasteiger partial charge in [-0.15, -0.1) is 0 Å². The zero-order valence-electron chi connectivity index (χ0n) is 12.6. The lowest BCUT2D eigenvalue weighted by Crippen LogP contribution is -2.37. The molecular formula is C18H18ClNO3. The molecule has 1 aliphatic rings. The second-order valence-corrected chi connectivity index (χ2v) is 6.09. The first-order valence-corrected chi connectivity index (χ1v) is 7.91. The average Bonchev–Trinajstić information content (AvgIpc) is 2.56. The smallest absolute Gasteiger partial charge is 0.335 e. The molecule has 0 unspecified atom stereocenters. The number of carboxylic acid groups (broad SMARTS) is 1. The van der Waals surface area contributed by atoms with E-state index in [0.717, 1.165) is 24.2 Å². The first-order valence-electron chi connectivity index (χ1n) is 7.53. The first-order chi connectivity index (χ1) is 11.1. The van der Waals surface area contributed by atoms with Crippen molar-refractivity contribution in [3.05, 3.63) is 70.2 Å². The molecule has 1 saturated heterocycles. The van der Waals surface area contributed by atoms with Crippen molar-refractivity contribution in [3.8, 4) is 0 Å². The summed E-state index contributed by atoms with van der Waals surface area (Å²) in [4.78, 5) is 13.3. The zero-order chi connectivity index (χ0) is 16.2. The van der Waals surface area contributed by atoms with Crippen LogP contribution in [0.2, 0.25) is 5.02 Å². The Morgan fingerprint density at radius 2 is 2.04 bits per heavy atom. The summed E-state index contributed by atoms with van der Waals surface area (Å²) in [5, 5.41) is 9.80. The van der Waals surface area contributed by atoms with Gasteiger partial charge in [-0.2, -0.15) is 0 Å². The summed E-state index contributed by atoms with van der Waals surface area (Å²) < 4.78 is 5.85. The highest BCUT2D eigenvalue weighted by molar-refractivity contribution is 6.30. The highest BCUT2D eigenvalue weighted by Crippen LogP contribution is 2.24. The molecule has 1 heterocycles. The Kier molecular flexibility index (Phi) is 4.96. The standard InChI is InChI=1S/C18H18ClNO3/c19-16-6-4-14(5-7-16)17-12-20(8-9-23-17)11-13-2-1-3-15(10-13)18(21)22/h1-7,10,17H,8-9,11-12H2,(H,21,22)/t17-/m1/s1. The Balaban J connectivity index is 1.68. The second-order valence-electron chi connectivity index (χ2n) is 5.65. The maximum absolute atomic E-state index is 11.1.